The van der Waals surface area contributed by atoms with Crippen molar-refractivity contribution in [3.05, 3.63) is 78.1 Å². The van der Waals surface area contributed by atoms with Crippen LogP contribution in [0.3, 0.4) is 0 Å². The minimum atomic E-state index is -0.870. The van der Waals surface area contributed by atoms with E-state index in [4.69, 9.17) is 29.2 Å². The lowest BCUT2D eigenvalue weighted by molar-refractivity contribution is -0.197. The topological polar surface area (TPSA) is 128 Å². The molecule has 3 N–H and O–H groups in total. The number of benzene rings is 2. The van der Waals surface area contributed by atoms with Gasteiger partial charge in [-0.3, -0.25) is 9.36 Å². The highest BCUT2D eigenvalue weighted by Crippen LogP contribution is 2.44. The summed E-state index contributed by atoms with van der Waals surface area (Å²) in [7, 11) is 0. The van der Waals surface area contributed by atoms with Crippen LogP contribution >= 0.6 is 0 Å². The molecule has 4 aromatic rings. The van der Waals surface area contributed by atoms with E-state index in [1.165, 1.54) is 30.4 Å². The lowest BCUT2D eigenvalue weighted by Gasteiger charge is -2.26. The fraction of sp³-hybridized carbons (Fsp3) is 0.500. The molecule has 7 rings (SSSR count). The first-order chi connectivity index (χ1) is 23.4. The quantitative estimate of drug-likeness (QED) is 0.201. The number of fused-ring (bicyclic) bond motifs is 2. The predicted octanol–water partition coefficient (Wildman–Crippen LogP) is 4.52. The van der Waals surface area contributed by atoms with E-state index < -0.39 is 30.3 Å². The predicted molar refractivity (Wildman–Crippen MR) is 184 cm³/mol. The van der Waals surface area contributed by atoms with Gasteiger partial charge < -0.3 is 35.1 Å². The van der Waals surface area contributed by atoms with E-state index in [1.54, 1.807) is 6.33 Å². The molecule has 5 heterocycles. The van der Waals surface area contributed by atoms with Gasteiger partial charge in [-0.1, -0.05) is 67.1 Å². The lowest BCUT2D eigenvalue weighted by atomic mass is 9.91. The Balaban J connectivity index is 1.21. The number of likely N-dealkylation sites (tertiary alicyclic amines) is 1. The van der Waals surface area contributed by atoms with Crippen LogP contribution in [-0.2, 0) is 19.0 Å². The minimum Gasteiger partial charge on any atom is -0.367 e. The van der Waals surface area contributed by atoms with Gasteiger partial charge in [0.1, 0.15) is 12.2 Å². The second-order valence-corrected chi connectivity index (χ2v) is 13.2. The molecular formula is C36H46N8O4. The molecule has 48 heavy (non-hydrogen) atoms. The Morgan fingerprint density at radius 3 is 2.31 bits per heavy atom. The number of nitrogens with zero attached hydrogens (tertiary/aromatic N) is 5. The van der Waals surface area contributed by atoms with E-state index in [-0.39, 0.29) is 11.8 Å². The van der Waals surface area contributed by atoms with E-state index >= 15 is 0 Å². The maximum Gasteiger partial charge on any atom is 0.252 e. The first-order valence-electron chi connectivity index (χ1n) is 17.2. The number of piperidine rings is 1. The zero-order valence-electron chi connectivity index (χ0n) is 28.0. The maximum absolute atomic E-state index is 13.1. The molecule has 2 aromatic heterocycles. The van der Waals surface area contributed by atoms with Crippen LogP contribution in [0.25, 0.3) is 11.2 Å². The summed E-state index contributed by atoms with van der Waals surface area (Å²) in [5, 5.41) is 9.99. The highest BCUT2D eigenvalue weighted by molar-refractivity contribution is 5.85. The van der Waals surface area contributed by atoms with E-state index in [0.29, 0.717) is 42.6 Å². The Hall–Kier alpha value is -4.10. The van der Waals surface area contributed by atoms with Crippen LogP contribution in [0.15, 0.2) is 67.0 Å². The van der Waals surface area contributed by atoms with E-state index in [9.17, 15) is 4.79 Å². The Morgan fingerprint density at radius 1 is 0.938 bits per heavy atom. The molecule has 3 aliphatic rings. The van der Waals surface area contributed by atoms with E-state index in [1.807, 2.05) is 37.5 Å². The second-order valence-electron chi connectivity index (χ2n) is 13.2. The molecule has 0 unspecified atom stereocenters. The number of carbonyl (C=O) groups excluding carboxylic acids is 1. The number of rotatable bonds is 12. The molecule has 12 nitrogen and oxygen atoms in total. The summed E-state index contributed by atoms with van der Waals surface area (Å²) in [5.41, 5.74) is 3.60. The van der Waals surface area contributed by atoms with Crippen molar-refractivity contribution < 1.29 is 19.0 Å². The number of anilines is 2. The molecule has 3 fully saturated rings. The molecule has 254 valence electrons. The zero-order valence-corrected chi connectivity index (χ0v) is 28.0. The van der Waals surface area contributed by atoms with Gasteiger partial charge in [0.25, 0.3) is 5.91 Å². The summed E-state index contributed by atoms with van der Waals surface area (Å²) in [4.78, 5) is 30.3. The molecule has 0 radical (unpaired) electrons. The summed E-state index contributed by atoms with van der Waals surface area (Å²) in [6.07, 6.45) is 2.85. The average Bonchev–Trinajstić information content (AvgIpc) is 3.77. The summed E-state index contributed by atoms with van der Waals surface area (Å²) in [5.74, 6) is 0.0996. The fourth-order valence-electron chi connectivity index (χ4n) is 7.10. The number of ether oxygens (including phenoxy) is 3. The van der Waals surface area contributed by atoms with Gasteiger partial charge in [-0.05, 0) is 57.8 Å². The number of imidazole rings is 1. The number of likely N-dealkylation sites (N-methyl/N-ethyl adjacent to an activating group) is 1. The van der Waals surface area contributed by atoms with Crippen LogP contribution in [0.2, 0.25) is 0 Å². The van der Waals surface area contributed by atoms with Gasteiger partial charge in [-0.25, -0.2) is 4.98 Å². The molecule has 12 heteroatoms. The smallest absolute Gasteiger partial charge is 0.252 e. The molecule has 3 aliphatic heterocycles. The molecule has 0 saturated carbocycles. The second kappa shape index (κ2) is 14.2. The van der Waals surface area contributed by atoms with Crippen molar-refractivity contribution in [3.63, 3.8) is 0 Å². The Labute approximate surface area is 281 Å². The van der Waals surface area contributed by atoms with Gasteiger partial charge in [-0.2, -0.15) is 9.97 Å². The van der Waals surface area contributed by atoms with Crippen molar-refractivity contribution in [1.82, 2.24) is 29.7 Å². The molecule has 0 spiro atoms. The van der Waals surface area contributed by atoms with Crippen LogP contribution in [0.5, 0.6) is 0 Å². The molecule has 4 atom stereocenters. The summed E-state index contributed by atoms with van der Waals surface area (Å²) < 4.78 is 20.8. The largest absolute Gasteiger partial charge is 0.367 e. The molecule has 2 aromatic carbocycles. The number of carbonyl (C=O) groups is 1. The van der Waals surface area contributed by atoms with Gasteiger partial charge in [0.15, 0.2) is 35.1 Å². The highest BCUT2D eigenvalue weighted by Gasteiger charge is 2.58. The van der Waals surface area contributed by atoms with Crippen LogP contribution in [0.4, 0.5) is 11.8 Å². The third kappa shape index (κ3) is 6.88. The third-order valence-corrected chi connectivity index (χ3v) is 9.37. The van der Waals surface area contributed by atoms with Crippen LogP contribution in [0, 0.1) is 0 Å². The number of hydrogen-bond donors (Lipinski definition) is 3. The monoisotopic (exact) mass is 654 g/mol. The first kappa shape index (κ1) is 32.4. The van der Waals surface area contributed by atoms with Crippen molar-refractivity contribution in [2.45, 2.75) is 76.3 Å². The van der Waals surface area contributed by atoms with Gasteiger partial charge in [0.2, 0.25) is 5.95 Å². The minimum absolute atomic E-state index is 0.0815. The van der Waals surface area contributed by atoms with Crippen LogP contribution in [-0.4, -0.2) is 93.7 Å². The number of nitrogens with one attached hydrogen (secondary N) is 3. The molecule has 0 bridgehead atoms. The number of amides is 1. The van der Waals surface area contributed by atoms with Crippen LogP contribution < -0.4 is 16.0 Å². The Bertz CT molecular complexity index is 1640. The van der Waals surface area contributed by atoms with Crippen molar-refractivity contribution >= 4 is 28.8 Å². The van der Waals surface area contributed by atoms with E-state index in [2.05, 4.69) is 69.4 Å². The standard InChI is InChI=1S/C36H46N8O4/c1-4-37-33(45)29-28-30(48-36(2,3)47-28)34(46-29)44-23-40-27-31(41-35(42-32(27)44)38-18-21-43-19-12-7-13-20-43)39-22-26(24-14-8-5-9-15-24)25-16-10-6-11-17-25/h5-6,8-11,14-17,23,26,28-30,34H,4,7,12-13,18-22H2,1-3H3,(H,37,45)(H2,38,39,41,42)/t28-,29+,30-,34-/m1/s1. The normalized spacial score (nSPS) is 23.8. The van der Waals surface area contributed by atoms with Gasteiger partial charge in [0, 0.05) is 32.1 Å². The van der Waals surface area contributed by atoms with Crippen molar-refractivity contribution in [1.29, 1.82) is 0 Å². The Kier molecular flexibility index (Phi) is 9.58. The van der Waals surface area contributed by atoms with Gasteiger partial charge >= 0.3 is 0 Å². The number of hydrogen-bond acceptors (Lipinski definition) is 10. The van der Waals surface area contributed by atoms with Gasteiger partial charge in [-0.15, -0.1) is 0 Å². The summed E-state index contributed by atoms with van der Waals surface area (Å²) >= 11 is 0. The maximum atomic E-state index is 13.1. The summed E-state index contributed by atoms with van der Waals surface area (Å²) in [6, 6.07) is 21.0. The highest BCUT2D eigenvalue weighted by atomic mass is 16.8. The van der Waals surface area contributed by atoms with Crippen molar-refractivity contribution in [3.8, 4) is 0 Å². The molecular weight excluding hydrogens is 608 g/mol. The Morgan fingerprint density at radius 2 is 1.62 bits per heavy atom. The third-order valence-electron chi connectivity index (χ3n) is 9.37. The molecule has 3 saturated heterocycles. The molecule has 0 aliphatic carbocycles. The lowest BCUT2D eigenvalue weighted by Crippen LogP contribution is -2.42. The van der Waals surface area contributed by atoms with E-state index in [0.717, 1.165) is 19.6 Å². The first-order valence-corrected chi connectivity index (χ1v) is 17.2. The van der Waals surface area contributed by atoms with Gasteiger partial charge in [0.05, 0.1) is 6.33 Å². The van der Waals surface area contributed by atoms with Crippen molar-refractivity contribution in [2.75, 3.05) is 49.9 Å². The zero-order chi connectivity index (χ0) is 33.1. The average molecular weight is 655 g/mol. The van der Waals surface area contributed by atoms with Crippen molar-refractivity contribution in [2.24, 2.45) is 0 Å². The fourth-order valence-corrected chi connectivity index (χ4v) is 7.10. The van der Waals surface area contributed by atoms with Crippen LogP contribution in [0.1, 0.15) is 63.3 Å². The number of aromatic nitrogens is 4. The summed E-state index contributed by atoms with van der Waals surface area (Å²) in [6.45, 7) is 10.5. The SMILES string of the molecule is CCNC(=O)[C@H]1O[C@@H](n2cnc3c(NCC(c4ccccc4)c4ccccc4)nc(NCCN4CCCCC4)nc32)[C@@H]2OC(C)(C)O[C@@H]21. The molecule has 1 amide bonds.